The molecule has 0 aliphatic carbocycles. The van der Waals surface area contributed by atoms with Gasteiger partial charge in [0.1, 0.15) is 11.5 Å². The minimum Gasteiger partial charge on any atom is -0.497 e. The minimum absolute atomic E-state index is 0.453. The largest absolute Gasteiger partial charge is 0.497 e. The molecule has 0 spiro atoms. The molecule has 114 valence electrons. The average molecular weight is 289 g/mol. The number of ether oxygens (including phenoxy) is 2. The van der Waals surface area contributed by atoms with E-state index in [4.69, 9.17) is 15.9 Å². The second-order valence-corrected chi connectivity index (χ2v) is 4.25. The summed E-state index contributed by atoms with van der Waals surface area (Å²) in [5, 5.41) is 6.20. The molecule has 0 aliphatic heterocycles. The van der Waals surface area contributed by atoms with Gasteiger partial charge in [-0.1, -0.05) is 5.92 Å². The molecule has 0 saturated heterocycles. The van der Waals surface area contributed by atoms with Crippen LogP contribution >= 0.6 is 0 Å². The van der Waals surface area contributed by atoms with Crippen LogP contribution in [0.15, 0.2) is 23.2 Å². The summed E-state index contributed by atoms with van der Waals surface area (Å²) in [6.07, 6.45) is 5.99. The van der Waals surface area contributed by atoms with Crippen LogP contribution in [0.5, 0.6) is 11.5 Å². The van der Waals surface area contributed by atoms with Gasteiger partial charge in [0.25, 0.3) is 0 Å². The molecule has 0 amide bonds. The van der Waals surface area contributed by atoms with Crippen molar-refractivity contribution in [3.63, 3.8) is 0 Å². The van der Waals surface area contributed by atoms with Crippen LogP contribution in [0, 0.1) is 12.3 Å². The van der Waals surface area contributed by atoms with E-state index < -0.39 is 0 Å². The lowest BCUT2D eigenvalue weighted by Gasteiger charge is -2.11. The van der Waals surface area contributed by atoms with Gasteiger partial charge in [-0.3, -0.25) is 4.99 Å². The molecule has 5 nitrogen and oxygen atoms in total. The van der Waals surface area contributed by atoms with Crippen LogP contribution in [0.4, 0.5) is 0 Å². The van der Waals surface area contributed by atoms with E-state index in [0.717, 1.165) is 36.0 Å². The number of nitrogens with one attached hydrogen (secondary N) is 2. The molecule has 0 unspecified atom stereocenters. The van der Waals surface area contributed by atoms with Gasteiger partial charge in [0.2, 0.25) is 0 Å². The highest BCUT2D eigenvalue weighted by molar-refractivity contribution is 5.79. The molecule has 0 radical (unpaired) electrons. The van der Waals surface area contributed by atoms with Crippen molar-refractivity contribution in [1.82, 2.24) is 10.6 Å². The van der Waals surface area contributed by atoms with E-state index in [9.17, 15) is 0 Å². The van der Waals surface area contributed by atoms with Gasteiger partial charge >= 0.3 is 0 Å². The average Bonchev–Trinajstić information content (AvgIpc) is 2.52. The normalized spacial score (nSPS) is 10.7. The number of benzene rings is 1. The predicted molar refractivity (Wildman–Crippen MR) is 86.1 cm³/mol. The Morgan fingerprint density at radius 3 is 2.71 bits per heavy atom. The third-order valence-corrected chi connectivity index (χ3v) is 2.84. The summed E-state index contributed by atoms with van der Waals surface area (Å²) in [4.78, 5) is 4.48. The molecule has 1 aromatic carbocycles. The lowest BCUT2D eigenvalue weighted by atomic mass is 10.1. The molecule has 0 bridgehead atoms. The van der Waals surface area contributed by atoms with Crippen LogP contribution in [0.3, 0.4) is 0 Å². The number of terminal acetylenes is 1. The van der Waals surface area contributed by atoms with Crippen molar-refractivity contribution in [3.05, 3.63) is 23.8 Å². The second-order valence-electron chi connectivity index (χ2n) is 4.25. The number of guanidine groups is 1. The van der Waals surface area contributed by atoms with Gasteiger partial charge in [0, 0.05) is 13.1 Å². The molecular weight excluding hydrogens is 266 g/mol. The molecule has 0 saturated carbocycles. The van der Waals surface area contributed by atoms with Crippen LogP contribution in [-0.2, 0) is 6.42 Å². The van der Waals surface area contributed by atoms with Gasteiger partial charge in [-0.05, 0) is 37.1 Å². The SMILES string of the molecule is C#CCNC(=NCCc1cc(OC)ccc1OC)NCC. The van der Waals surface area contributed by atoms with Crippen molar-refractivity contribution in [2.24, 2.45) is 4.99 Å². The Bertz CT molecular complexity index is 507. The van der Waals surface area contributed by atoms with Gasteiger partial charge < -0.3 is 20.1 Å². The van der Waals surface area contributed by atoms with E-state index in [0.29, 0.717) is 13.1 Å². The zero-order chi connectivity index (χ0) is 15.5. The summed E-state index contributed by atoms with van der Waals surface area (Å²) in [6.45, 7) is 3.88. The van der Waals surface area contributed by atoms with Crippen LogP contribution < -0.4 is 20.1 Å². The van der Waals surface area contributed by atoms with Gasteiger partial charge in [-0.15, -0.1) is 6.42 Å². The van der Waals surface area contributed by atoms with E-state index in [1.807, 2.05) is 25.1 Å². The van der Waals surface area contributed by atoms with Crippen molar-refractivity contribution in [3.8, 4) is 23.8 Å². The highest BCUT2D eigenvalue weighted by Crippen LogP contribution is 2.24. The zero-order valence-electron chi connectivity index (χ0n) is 12.9. The maximum Gasteiger partial charge on any atom is 0.192 e. The van der Waals surface area contributed by atoms with Crippen molar-refractivity contribution >= 4 is 5.96 Å². The number of aliphatic imine (C=N–C) groups is 1. The Kier molecular flexibility index (Phi) is 7.59. The first kappa shape index (κ1) is 16.7. The third kappa shape index (κ3) is 5.65. The maximum atomic E-state index is 5.35. The Labute approximate surface area is 126 Å². The Balaban J connectivity index is 2.70. The molecule has 1 rings (SSSR count). The fourth-order valence-electron chi connectivity index (χ4n) is 1.84. The summed E-state index contributed by atoms with van der Waals surface area (Å²) in [5.41, 5.74) is 1.06. The standard InChI is InChI=1S/C16H23N3O2/c1-5-10-18-16(17-6-2)19-11-9-13-12-14(20-3)7-8-15(13)21-4/h1,7-8,12H,6,9-11H2,2-4H3,(H2,17,18,19). The van der Waals surface area contributed by atoms with Gasteiger partial charge in [-0.2, -0.15) is 0 Å². The van der Waals surface area contributed by atoms with Gasteiger partial charge in [0.15, 0.2) is 5.96 Å². The molecule has 21 heavy (non-hydrogen) atoms. The van der Waals surface area contributed by atoms with E-state index in [1.165, 1.54) is 0 Å². The molecule has 0 aliphatic rings. The van der Waals surface area contributed by atoms with Crippen LogP contribution in [-0.4, -0.2) is 39.8 Å². The van der Waals surface area contributed by atoms with Crippen LogP contribution in [0.2, 0.25) is 0 Å². The summed E-state index contributed by atoms with van der Waals surface area (Å²) in [6, 6.07) is 5.75. The van der Waals surface area contributed by atoms with E-state index in [1.54, 1.807) is 14.2 Å². The predicted octanol–water partition coefficient (Wildman–Crippen LogP) is 1.43. The monoisotopic (exact) mass is 289 g/mol. The minimum atomic E-state index is 0.453. The first-order chi connectivity index (χ1) is 10.2. The van der Waals surface area contributed by atoms with E-state index in [-0.39, 0.29) is 0 Å². The first-order valence-electron chi connectivity index (χ1n) is 6.91. The maximum absolute atomic E-state index is 5.35. The molecule has 0 aromatic heterocycles. The van der Waals surface area contributed by atoms with Crippen LogP contribution in [0.25, 0.3) is 0 Å². The quantitative estimate of drug-likeness (QED) is 0.453. The highest BCUT2D eigenvalue weighted by Gasteiger charge is 2.05. The summed E-state index contributed by atoms with van der Waals surface area (Å²) in [7, 11) is 3.31. The number of hydrogen-bond donors (Lipinski definition) is 2. The summed E-state index contributed by atoms with van der Waals surface area (Å²) >= 11 is 0. The number of hydrogen-bond acceptors (Lipinski definition) is 3. The Hall–Kier alpha value is -2.35. The highest BCUT2D eigenvalue weighted by atomic mass is 16.5. The molecule has 5 heteroatoms. The Morgan fingerprint density at radius 1 is 1.29 bits per heavy atom. The van der Waals surface area contributed by atoms with E-state index in [2.05, 4.69) is 21.5 Å². The molecule has 0 heterocycles. The van der Waals surface area contributed by atoms with Crippen molar-refractivity contribution < 1.29 is 9.47 Å². The van der Waals surface area contributed by atoms with Crippen molar-refractivity contribution in [2.75, 3.05) is 33.9 Å². The van der Waals surface area contributed by atoms with Gasteiger partial charge in [0.05, 0.1) is 20.8 Å². The summed E-state index contributed by atoms with van der Waals surface area (Å²) < 4.78 is 10.6. The Morgan fingerprint density at radius 2 is 2.10 bits per heavy atom. The fourth-order valence-corrected chi connectivity index (χ4v) is 1.84. The molecule has 2 N–H and O–H groups in total. The fraction of sp³-hybridized carbons (Fsp3) is 0.438. The van der Waals surface area contributed by atoms with Crippen molar-refractivity contribution in [2.45, 2.75) is 13.3 Å². The number of nitrogens with zero attached hydrogens (tertiary/aromatic N) is 1. The number of methoxy groups -OCH3 is 2. The molecule has 0 fully saturated rings. The number of rotatable bonds is 7. The smallest absolute Gasteiger partial charge is 0.192 e. The topological polar surface area (TPSA) is 54.9 Å². The van der Waals surface area contributed by atoms with Gasteiger partial charge in [-0.25, -0.2) is 0 Å². The van der Waals surface area contributed by atoms with E-state index >= 15 is 0 Å². The molecule has 0 atom stereocenters. The third-order valence-electron chi connectivity index (χ3n) is 2.84. The molecule has 1 aromatic rings. The summed E-state index contributed by atoms with van der Waals surface area (Å²) in [5.74, 6) is 4.90. The second kappa shape index (κ2) is 9.54. The zero-order valence-corrected chi connectivity index (χ0v) is 12.9. The lowest BCUT2D eigenvalue weighted by molar-refractivity contribution is 0.399. The first-order valence-corrected chi connectivity index (χ1v) is 6.91. The lowest BCUT2D eigenvalue weighted by Crippen LogP contribution is -2.37. The molecular formula is C16H23N3O2. The van der Waals surface area contributed by atoms with Crippen molar-refractivity contribution in [1.29, 1.82) is 0 Å². The van der Waals surface area contributed by atoms with Crippen LogP contribution in [0.1, 0.15) is 12.5 Å².